The Hall–Kier alpha value is -1.88. The van der Waals surface area contributed by atoms with Gasteiger partial charge in [-0.3, -0.25) is 9.69 Å². The van der Waals surface area contributed by atoms with Gasteiger partial charge < -0.3 is 10.2 Å². The molecule has 7 nitrogen and oxygen atoms in total. The SMILES string of the molecule is O=C(CN1CCCN(c2ccc(C(F)(F)F)cn2)CC1)N[C@H]1CCS(=O)(=O)C1. The minimum Gasteiger partial charge on any atom is -0.355 e. The molecule has 1 atom stereocenters. The first-order chi connectivity index (χ1) is 13.1. The molecule has 0 aliphatic carbocycles. The van der Waals surface area contributed by atoms with Crippen LogP contribution in [-0.2, 0) is 20.8 Å². The van der Waals surface area contributed by atoms with Crippen molar-refractivity contribution >= 4 is 21.6 Å². The number of carbonyl (C=O) groups is 1. The quantitative estimate of drug-likeness (QED) is 0.780. The second-order valence-corrected chi connectivity index (χ2v) is 9.42. The van der Waals surface area contributed by atoms with Gasteiger partial charge in [-0.1, -0.05) is 0 Å². The van der Waals surface area contributed by atoms with E-state index in [0.717, 1.165) is 18.7 Å². The van der Waals surface area contributed by atoms with Gasteiger partial charge in [0.05, 0.1) is 23.6 Å². The highest BCUT2D eigenvalue weighted by atomic mass is 32.2. The van der Waals surface area contributed by atoms with Crippen LogP contribution in [0.5, 0.6) is 0 Å². The van der Waals surface area contributed by atoms with Crippen molar-refractivity contribution in [2.45, 2.75) is 25.1 Å². The molecule has 1 aromatic rings. The van der Waals surface area contributed by atoms with Crippen molar-refractivity contribution in [1.29, 1.82) is 0 Å². The predicted octanol–water partition coefficient (Wildman–Crippen LogP) is 0.916. The highest BCUT2D eigenvalue weighted by Gasteiger charge is 2.31. The third kappa shape index (κ3) is 5.57. The van der Waals surface area contributed by atoms with Crippen molar-refractivity contribution in [3.63, 3.8) is 0 Å². The van der Waals surface area contributed by atoms with Crippen molar-refractivity contribution < 1.29 is 26.4 Å². The maximum Gasteiger partial charge on any atom is 0.417 e. The predicted molar refractivity (Wildman–Crippen MR) is 97.7 cm³/mol. The topological polar surface area (TPSA) is 82.6 Å². The van der Waals surface area contributed by atoms with E-state index in [4.69, 9.17) is 0 Å². The van der Waals surface area contributed by atoms with Crippen LogP contribution < -0.4 is 10.2 Å². The van der Waals surface area contributed by atoms with Crippen LogP contribution in [0.2, 0.25) is 0 Å². The molecule has 0 saturated carbocycles. The first kappa shape index (κ1) is 20.8. The van der Waals surface area contributed by atoms with E-state index in [-0.39, 0.29) is 30.0 Å². The summed E-state index contributed by atoms with van der Waals surface area (Å²) in [6.45, 7) is 2.60. The lowest BCUT2D eigenvalue weighted by molar-refractivity contribution is -0.137. The average Bonchev–Trinajstić information content (AvgIpc) is 2.80. The molecule has 2 fully saturated rings. The number of alkyl halides is 3. The molecule has 28 heavy (non-hydrogen) atoms. The van der Waals surface area contributed by atoms with Gasteiger partial charge in [-0.05, 0) is 25.0 Å². The summed E-state index contributed by atoms with van der Waals surface area (Å²) in [6, 6.07) is 2.07. The Balaban J connectivity index is 1.50. The number of hydrogen-bond donors (Lipinski definition) is 1. The first-order valence-corrected chi connectivity index (χ1v) is 10.9. The lowest BCUT2D eigenvalue weighted by Gasteiger charge is -2.23. The van der Waals surface area contributed by atoms with Gasteiger partial charge in [0.25, 0.3) is 0 Å². The van der Waals surface area contributed by atoms with E-state index < -0.39 is 21.6 Å². The fourth-order valence-electron chi connectivity index (χ4n) is 3.48. The lowest BCUT2D eigenvalue weighted by atomic mass is 10.2. The highest BCUT2D eigenvalue weighted by Crippen LogP contribution is 2.29. The number of nitrogens with zero attached hydrogens (tertiary/aromatic N) is 3. The molecule has 3 rings (SSSR count). The van der Waals surface area contributed by atoms with Gasteiger partial charge in [-0.15, -0.1) is 0 Å². The van der Waals surface area contributed by atoms with Gasteiger partial charge in [-0.25, -0.2) is 13.4 Å². The van der Waals surface area contributed by atoms with Crippen molar-refractivity contribution in [2.75, 3.05) is 49.1 Å². The third-order valence-electron chi connectivity index (χ3n) is 4.95. The minimum atomic E-state index is -4.41. The fourth-order valence-corrected chi connectivity index (χ4v) is 5.16. The zero-order valence-corrected chi connectivity index (χ0v) is 16.1. The number of carbonyl (C=O) groups excluding carboxylic acids is 1. The van der Waals surface area contributed by atoms with Gasteiger partial charge >= 0.3 is 6.18 Å². The summed E-state index contributed by atoms with van der Waals surface area (Å²) >= 11 is 0. The number of pyridine rings is 1. The number of amides is 1. The van der Waals surface area contributed by atoms with E-state index in [9.17, 15) is 26.4 Å². The Bertz CT molecular complexity index is 799. The number of aromatic nitrogens is 1. The molecule has 2 aliphatic rings. The zero-order chi connectivity index (χ0) is 20.4. The van der Waals surface area contributed by atoms with Gasteiger partial charge in [-0.2, -0.15) is 13.2 Å². The third-order valence-corrected chi connectivity index (χ3v) is 6.72. The van der Waals surface area contributed by atoms with Crippen LogP contribution in [-0.4, -0.2) is 74.5 Å². The molecule has 156 valence electrons. The van der Waals surface area contributed by atoms with Crippen LogP contribution in [0.25, 0.3) is 0 Å². The van der Waals surface area contributed by atoms with E-state index >= 15 is 0 Å². The molecule has 0 bridgehead atoms. The summed E-state index contributed by atoms with van der Waals surface area (Å²) in [6.07, 6.45) is -2.39. The van der Waals surface area contributed by atoms with Gasteiger partial charge in [0.2, 0.25) is 5.91 Å². The molecular formula is C17H23F3N4O3S. The Kier molecular flexibility index (Phi) is 6.13. The summed E-state index contributed by atoms with van der Waals surface area (Å²) in [4.78, 5) is 20.0. The van der Waals surface area contributed by atoms with Gasteiger partial charge in [0.15, 0.2) is 9.84 Å². The van der Waals surface area contributed by atoms with Crippen molar-refractivity contribution in [3.05, 3.63) is 23.9 Å². The van der Waals surface area contributed by atoms with Crippen LogP contribution >= 0.6 is 0 Å². The van der Waals surface area contributed by atoms with Crippen LogP contribution in [0.4, 0.5) is 19.0 Å². The fraction of sp³-hybridized carbons (Fsp3) is 0.647. The minimum absolute atomic E-state index is 0.00783. The number of rotatable bonds is 4. The smallest absolute Gasteiger partial charge is 0.355 e. The molecule has 0 aromatic carbocycles. The van der Waals surface area contributed by atoms with Crippen molar-refractivity contribution in [3.8, 4) is 0 Å². The largest absolute Gasteiger partial charge is 0.417 e. The molecule has 1 aromatic heterocycles. The molecule has 1 amide bonds. The number of hydrogen-bond acceptors (Lipinski definition) is 6. The van der Waals surface area contributed by atoms with Crippen molar-refractivity contribution in [2.24, 2.45) is 0 Å². The Morgan fingerprint density at radius 3 is 2.61 bits per heavy atom. The Morgan fingerprint density at radius 2 is 2.00 bits per heavy atom. The normalized spacial score (nSPS) is 23.4. The van der Waals surface area contributed by atoms with E-state index in [1.165, 1.54) is 6.07 Å². The monoisotopic (exact) mass is 420 g/mol. The second-order valence-electron chi connectivity index (χ2n) is 7.19. The summed E-state index contributed by atoms with van der Waals surface area (Å²) in [7, 11) is -3.04. The molecular weight excluding hydrogens is 397 g/mol. The maximum atomic E-state index is 12.7. The number of nitrogens with one attached hydrogen (secondary N) is 1. The lowest BCUT2D eigenvalue weighted by Crippen LogP contribution is -2.43. The highest BCUT2D eigenvalue weighted by molar-refractivity contribution is 7.91. The van der Waals surface area contributed by atoms with Gasteiger partial charge in [0.1, 0.15) is 5.82 Å². The molecule has 2 aliphatic heterocycles. The van der Waals surface area contributed by atoms with E-state index in [1.807, 2.05) is 9.80 Å². The molecule has 3 heterocycles. The Morgan fingerprint density at radius 1 is 1.21 bits per heavy atom. The maximum absolute atomic E-state index is 12.7. The van der Waals surface area contributed by atoms with Crippen molar-refractivity contribution in [1.82, 2.24) is 15.2 Å². The van der Waals surface area contributed by atoms with E-state index in [0.29, 0.717) is 38.4 Å². The molecule has 11 heteroatoms. The van der Waals surface area contributed by atoms with Crippen LogP contribution in [0.1, 0.15) is 18.4 Å². The van der Waals surface area contributed by atoms with Crippen LogP contribution in [0.15, 0.2) is 18.3 Å². The molecule has 0 radical (unpaired) electrons. The number of sulfone groups is 1. The Labute approximate surface area is 161 Å². The molecule has 2 saturated heterocycles. The molecule has 0 unspecified atom stereocenters. The summed E-state index contributed by atoms with van der Waals surface area (Å²) in [5, 5.41) is 2.77. The van der Waals surface area contributed by atoms with E-state index in [1.54, 1.807) is 0 Å². The standard InChI is InChI=1S/C17H23F3N4O3S/c18-17(19,20)13-2-3-15(21-10-13)24-6-1-5-23(7-8-24)11-16(25)22-14-4-9-28(26,27)12-14/h2-3,10,14H,1,4-9,11-12H2,(H,22,25)/t14-/m0/s1. The summed E-state index contributed by atoms with van der Waals surface area (Å²) in [5.41, 5.74) is -0.779. The molecule has 0 spiro atoms. The van der Waals surface area contributed by atoms with Crippen LogP contribution in [0.3, 0.4) is 0 Å². The second kappa shape index (κ2) is 8.24. The zero-order valence-electron chi connectivity index (χ0n) is 15.3. The number of anilines is 1. The summed E-state index contributed by atoms with van der Waals surface area (Å²) < 4.78 is 60.9. The first-order valence-electron chi connectivity index (χ1n) is 9.13. The van der Waals surface area contributed by atoms with E-state index in [2.05, 4.69) is 10.3 Å². The van der Waals surface area contributed by atoms with Crippen LogP contribution in [0, 0.1) is 0 Å². The number of halogens is 3. The molecule has 1 N–H and O–H groups in total. The summed E-state index contributed by atoms with van der Waals surface area (Å²) in [5.74, 6) is 0.377. The van der Waals surface area contributed by atoms with Gasteiger partial charge in [0, 0.05) is 38.4 Å². The average molecular weight is 420 g/mol.